The number of benzene rings is 1. The van der Waals surface area contributed by atoms with E-state index in [0.29, 0.717) is 41.5 Å². The summed E-state index contributed by atoms with van der Waals surface area (Å²) in [6.45, 7) is 4.38. The van der Waals surface area contributed by atoms with E-state index in [1.54, 1.807) is 39.3 Å². The number of ketones is 1. The van der Waals surface area contributed by atoms with Gasteiger partial charge in [-0.1, -0.05) is 12.1 Å². The van der Waals surface area contributed by atoms with E-state index in [1.165, 1.54) is 16.2 Å². The Bertz CT molecular complexity index is 966. The first-order valence-electron chi connectivity index (χ1n) is 9.24. The molecule has 0 bridgehead atoms. The van der Waals surface area contributed by atoms with E-state index in [1.807, 2.05) is 13.0 Å². The van der Waals surface area contributed by atoms with Crippen LogP contribution in [0, 0.1) is 13.8 Å². The number of methoxy groups -OCH3 is 2. The molecule has 0 spiro atoms. The third-order valence-corrected chi connectivity index (χ3v) is 5.89. The van der Waals surface area contributed by atoms with Crippen molar-refractivity contribution in [1.82, 2.24) is 9.88 Å². The first-order valence-corrected chi connectivity index (χ1v) is 10.1. The number of aliphatic hydroxyl groups is 1. The highest BCUT2D eigenvalue weighted by Gasteiger charge is 2.44. The summed E-state index contributed by atoms with van der Waals surface area (Å²) < 4.78 is 10.4. The molecule has 1 atom stereocenters. The second-order valence-corrected chi connectivity index (χ2v) is 7.97. The molecule has 1 aromatic carbocycles. The zero-order valence-corrected chi connectivity index (χ0v) is 17.7. The summed E-state index contributed by atoms with van der Waals surface area (Å²) in [4.78, 5) is 32.5. The monoisotopic (exact) mass is 416 g/mol. The molecular weight excluding hydrogens is 392 g/mol. The fourth-order valence-corrected chi connectivity index (χ4v) is 4.39. The lowest BCUT2D eigenvalue weighted by atomic mass is 9.95. The Kier molecular flexibility index (Phi) is 6.34. The van der Waals surface area contributed by atoms with Gasteiger partial charge in [0.05, 0.1) is 34.3 Å². The number of aliphatic hydroxyl groups excluding tert-OH is 1. The van der Waals surface area contributed by atoms with Crippen molar-refractivity contribution < 1.29 is 24.2 Å². The molecule has 0 radical (unpaired) electrons. The van der Waals surface area contributed by atoms with Gasteiger partial charge >= 0.3 is 0 Å². The maximum absolute atomic E-state index is 13.4. The fraction of sp³-hybridized carbons (Fsp3) is 0.381. The van der Waals surface area contributed by atoms with Crippen molar-refractivity contribution in [2.45, 2.75) is 26.3 Å². The summed E-state index contributed by atoms with van der Waals surface area (Å²) in [6.07, 6.45) is 0.580. The van der Waals surface area contributed by atoms with Gasteiger partial charge in [-0.3, -0.25) is 9.59 Å². The van der Waals surface area contributed by atoms with E-state index in [9.17, 15) is 14.7 Å². The lowest BCUT2D eigenvalue weighted by Gasteiger charge is -2.27. The number of nitrogens with zero attached hydrogens (tertiary/aromatic N) is 2. The highest BCUT2D eigenvalue weighted by Crippen LogP contribution is 2.40. The molecule has 0 aliphatic carbocycles. The predicted octanol–water partition coefficient (Wildman–Crippen LogP) is 3.38. The van der Waals surface area contributed by atoms with Crippen LogP contribution >= 0.6 is 11.3 Å². The molecule has 2 heterocycles. The van der Waals surface area contributed by atoms with Crippen LogP contribution < -0.4 is 4.74 Å². The van der Waals surface area contributed by atoms with Gasteiger partial charge in [0.25, 0.3) is 5.91 Å². The Morgan fingerprint density at radius 2 is 2.07 bits per heavy atom. The van der Waals surface area contributed by atoms with E-state index < -0.39 is 17.7 Å². The topological polar surface area (TPSA) is 89.0 Å². The second kappa shape index (κ2) is 8.75. The van der Waals surface area contributed by atoms with Gasteiger partial charge < -0.3 is 19.5 Å². The number of thiazole rings is 1. The molecule has 1 aliphatic heterocycles. The van der Waals surface area contributed by atoms with Crippen LogP contribution in [0.15, 0.2) is 35.6 Å². The third kappa shape index (κ3) is 4.04. The number of aryl methyl sites for hydroxylation is 2. The van der Waals surface area contributed by atoms with Crippen molar-refractivity contribution in [1.29, 1.82) is 0 Å². The van der Waals surface area contributed by atoms with Crippen molar-refractivity contribution in [3.8, 4) is 5.75 Å². The van der Waals surface area contributed by atoms with Crippen LogP contribution in [0.25, 0.3) is 0 Å². The van der Waals surface area contributed by atoms with Crippen LogP contribution in [0.2, 0.25) is 0 Å². The predicted molar refractivity (Wildman–Crippen MR) is 110 cm³/mol. The van der Waals surface area contributed by atoms with Crippen LogP contribution in [0.1, 0.15) is 38.4 Å². The Hall–Kier alpha value is -2.71. The number of hydrogen-bond donors (Lipinski definition) is 1. The van der Waals surface area contributed by atoms with Crippen LogP contribution in [0.5, 0.6) is 5.75 Å². The number of amides is 1. The Balaban J connectivity index is 2.08. The number of carbonyl (C=O) groups is 2. The quantitative estimate of drug-likeness (QED) is 0.524. The molecule has 1 aliphatic rings. The zero-order chi connectivity index (χ0) is 21.1. The molecule has 0 saturated heterocycles. The smallest absolute Gasteiger partial charge is 0.290 e. The van der Waals surface area contributed by atoms with Crippen LogP contribution in [0.3, 0.4) is 0 Å². The molecule has 2 aromatic rings. The Morgan fingerprint density at radius 1 is 1.31 bits per heavy atom. The summed E-state index contributed by atoms with van der Waals surface area (Å²) in [5.74, 6) is -0.836. The molecule has 1 aromatic heterocycles. The number of hydrogen-bond acceptors (Lipinski definition) is 7. The molecule has 0 saturated carbocycles. The van der Waals surface area contributed by atoms with Crippen LogP contribution in [-0.2, 0) is 9.53 Å². The molecule has 7 nitrogen and oxygen atoms in total. The van der Waals surface area contributed by atoms with E-state index in [-0.39, 0.29) is 11.4 Å². The lowest BCUT2D eigenvalue weighted by Crippen LogP contribution is -2.32. The van der Waals surface area contributed by atoms with Crippen LogP contribution in [0.4, 0.5) is 0 Å². The SMILES string of the molecule is COCCCN1C(=O)C(O)=C(C(=O)c2sc(C)nc2C)C1c1cccc(OC)c1. The molecule has 29 heavy (non-hydrogen) atoms. The number of rotatable bonds is 8. The minimum atomic E-state index is -0.705. The largest absolute Gasteiger partial charge is 0.503 e. The normalized spacial score (nSPS) is 16.6. The summed E-state index contributed by atoms with van der Waals surface area (Å²) >= 11 is 1.26. The highest BCUT2D eigenvalue weighted by molar-refractivity contribution is 7.14. The fourth-order valence-electron chi connectivity index (χ4n) is 3.52. The molecule has 1 unspecified atom stereocenters. The van der Waals surface area contributed by atoms with Gasteiger partial charge in [0.2, 0.25) is 5.78 Å². The number of carbonyl (C=O) groups excluding carboxylic acids is 2. The van der Waals surface area contributed by atoms with Crippen molar-refractivity contribution in [2.24, 2.45) is 0 Å². The van der Waals surface area contributed by atoms with Crippen molar-refractivity contribution in [3.05, 3.63) is 56.7 Å². The lowest BCUT2D eigenvalue weighted by molar-refractivity contribution is -0.129. The van der Waals surface area contributed by atoms with Gasteiger partial charge in [-0.25, -0.2) is 4.98 Å². The van der Waals surface area contributed by atoms with Gasteiger partial charge in [0.1, 0.15) is 5.75 Å². The highest BCUT2D eigenvalue weighted by atomic mass is 32.1. The van der Waals surface area contributed by atoms with E-state index in [4.69, 9.17) is 9.47 Å². The minimum Gasteiger partial charge on any atom is -0.503 e. The number of ether oxygens (including phenoxy) is 2. The number of aromatic nitrogens is 1. The maximum atomic E-state index is 13.4. The third-order valence-electron chi connectivity index (χ3n) is 4.82. The maximum Gasteiger partial charge on any atom is 0.290 e. The van der Waals surface area contributed by atoms with Gasteiger partial charge in [-0.15, -0.1) is 11.3 Å². The van der Waals surface area contributed by atoms with Crippen molar-refractivity contribution in [3.63, 3.8) is 0 Å². The molecule has 0 fully saturated rings. The van der Waals surface area contributed by atoms with E-state index in [0.717, 1.165) is 5.01 Å². The zero-order valence-electron chi connectivity index (χ0n) is 16.9. The molecule has 1 N–H and O–H groups in total. The average Bonchev–Trinajstić information content (AvgIpc) is 3.18. The standard InChI is InChI=1S/C21H24N2O5S/c1-12-20(29-13(2)22-12)18(24)16-17(14-7-5-8-15(11-14)28-4)23(9-6-10-27-3)21(26)19(16)25/h5,7-8,11,17,25H,6,9-10H2,1-4H3. The summed E-state index contributed by atoms with van der Waals surface area (Å²) in [7, 11) is 3.14. The molecular formula is C21H24N2O5S. The minimum absolute atomic E-state index is 0.0763. The Morgan fingerprint density at radius 3 is 2.69 bits per heavy atom. The first-order chi connectivity index (χ1) is 13.9. The van der Waals surface area contributed by atoms with E-state index in [2.05, 4.69) is 4.98 Å². The van der Waals surface area contributed by atoms with Gasteiger partial charge in [0.15, 0.2) is 5.76 Å². The summed E-state index contributed by atoms with van der Waals surface area (Å²) in [6, 6.07) is 6.48. The van der Waals surface area contributed by atoms with Crippen molar-refractivity contribution >= 4 is 23.0 Å². The van der Waals surface area contributed by atoms with E-state index >= 15 is 0 Å². The molecule has 8 heteroatoms. The number of Topliss-reactive ketones (excluding diaryl/α,β-unsaturated/α-hetero) is 1. The van der Waals surface area contributed by atoms with Gasteiger partial charge in [-0.2, -0.15) is 0 Å². The molecule has 1 amide bonds. The summed E-state index contributed by atoms with van der Waals surface area (Å²) in [5.41, 5.74) is 1.36. The van der Waals surface area contributed by atoms with Crippen molar-refractivity contribution in [2.75, 3.05) is 27.4 Å². The Labute approximate surface area is 173 Å². The van der Waals surface area contributed by atoms with Crippen LogP contribution in [-0.4, -0.2) is 54.1 Å². The van der Waals surface area contributed by atoms with Gasteiger partial charge in [-0.05, 0) is 38.0 Å². The average molecular weight is 416 g/mol. The first kappa shape index (κ1) is 21.0. The summed E-state index contributed by atoms with van der Waals surface area (Å²) in [5, 5.41) is 11.4. The van der Waals surface area contributed by atoms with Gasteiger partial charge in [0, 0.05) is 20.3 Å². The molecule has 3 rings (SSSR count). The molecule has 154 valence electrons. The second-order valence-electron chi connectivity index (χ2n) is 6.76.